The molecule has 0 bridgehead atoms. The maximum absolute atomic E-state index is 12.7. The van der Waals surface area contributed by atoms with Gasteiger partial charge in [-0.2, -0.15) is 0 Å². The highest BCUT2D eigenvalue weighted by molar-refractivity contribution is 7.45. The molecule has 0 aliphatic carbocycles. The summed E-state index contributed by atoms with van der Waals surface area (Å²) in [6.45, 7) is 5.20. The molecule has 0 N–H and O–H groups in total. The first-order valence-electron chi connectivity index (χ1n) is 25.0. The van der Waals surface area contributed by atoms with Gasteiger partial charge in [0.05, 0.1) is 34.4 Å². The summed E-state index contributed by atoms with van der Waals surface area (Å²) >= 11 is 0. The van der Waals surface area contributed by atoms with Gasteiger partial charge in [0.15, 0.2) is 0 Å². The van der Waals surface area contributed by atoms with Crippen molar-refractivity contribution in [1.82, 2.24) is 0 Å². The van der Waals surface area contributed by atoms with E-state index in [1.54, 1.807) is 0 Å². The van der Waals surface area contributed by atoms with Crippen LogP contribution in [0.15, 0.2) is 97.2 Å². The topological polar surface area (TPSA) is 94.1 Å². The second-order valence-corrected chi connectivity index (χ2v) is 18.8. The molecule has 63 heavy (non-hydrogen) atoms. The smallest absolute Gasteiger partial charge is 0.306 e. The number of nitrogens with zero attached hydrogens (tertiary/aromatic N) is 1. The van der Waals surface area contributed by atoms with E-state index in [4.69, 9.17) is 18.5 Å². The number of phosphoric ester groups is 1. The fourth-order valence-corrected chi connectivity index (χ4v) is 7.01. The minimum absolute atomic E-state index is 0.0141. The fraction of sp³-hybridized carbons (Fsp3) is 0.685. The normalized spacial score (nSPS) is 14.4. The number of rotatable bonds is 45. The van der Waals surface area contributed by atoms with E-state index in [1.807, 2.05) is 21.1 Å². The summed E-state index contributed by atoms with van der Waals surface area (Å²) in [6, 6.07) is 0. The Hall–Kier alpha value is -2.58. The van der Waals surface area contributed by atoms with Crippen molar-refractivity contribution in [2.24, 2.45) is 0 Å². The van der Waals surface area contributed by atoms with Gasteiger partial charge >= 0.3 is 5.97 Å². The van der Waals surface area contributed by atoms with Crippen LogP contribution in [0.4, 0.5) is 0 Å². The molecule has 0 amide bonds. The predicted octanol–water partition coefficient (Wildman–Crippen LogP) is 14.8. The molecule has 0 aromatic rings. The maximum atomic E-state index is 12.7. The Morgan fingerprint density at radius 1 is 0.508 bits per heavy atom. The molecular formula is C54H94NO7P. The number of esters is 1. The lowest BCUT2D eigenvalue weighted by molar-refractivity contribution is -0.870. The molecule has 0 aromatic carbocycles. The second-order valence-electron chi connectivity index (χ2n) is 17.4. The van der Waals surface area contributed by atoms with Crippen LogP contribution in [0.2, 0.25) is 0 Å². The molecule has 0 fully saturated rings. The Labute approximate surface area is 387 Å². The minimum atomic E-state index is -4.55. The van der Waals surface area contributed by atoms with Crippen molar-refractivity contribution in [2.75, 3.05) is 54.1 Å². The van der Waals surface area contributed by atoms with Crippen molar-refractivity contribution in [1.29, 1.82) is 0 Å². The third kappa shape index (κ3) is 50.3. The number of allylic oxidation sites excluding steroid dienone is 16. The van der Waals surface area contributed by atoms with Gasteiger partial charge in [-0.1, -0.05) is 175 Å². The largest absolute Gasteiger partial charge is 0.756 e. The number of unbranched alkanes of at least 4 members (excludes halogenated alkanes) is 15. The van der Waals surface area contributed by atoms with E-state index in [1.165, 1.54) is 51.4 Å². The number of carbonyl (C=O) groups is 1. The molecule has 0 saturated heterocycles. The molecule has 2 atom stereocenters. The Balaban J connectivity index is 4.26. The van der Waals surface area contributed by atoms with Crippen LogP contribution >= 0.6 is 7.82 Å². The molecule has 0 spiro atoms. The minimum Gasteiger partial charge on any atom is -0.756 e. The SMILES string of the molecule is CC/C=C\C/C=C\C/C=C\C/C=C\C/C=C\CCCCCCCC(=O)OC(COCCCCCCCCC/C=C\C/C=C\C/C=C\CCCCC)COP(=O)([O-])OCC[N+](C)(C)C. The van der Waals surface area contributed by atoms with Gasteiger partial charge in [-0.05, 0) is 96.3 Å². The molecule has 0 aliphatic rings. The third-order valence-corrected chi connectivity index (χ3v) is 11.1. The van der Waals surface area contributed by atoms with Crippen molar-refractivity contribution in [3.8, 4) is 0 Å². The zero-order valence-corrected chi connectivity index (χ0v) is 41.9. The highest BCUT2D eigenvalue weighted by Crippen LogP contribution is 2.38. The quantitative estimate of drug-likeness (QED) is 0.0197. The summed E-state index contributed by atoms with van der Waals surface area (Å²) in [5, 5.41) is 0. The van der Waals surface area contributed by atoms with Crippen LogP contribution in [0, 0.1) is 0 Å². The predicted molar refractivity (Wildman–Crippen MR) is 268 cm³/mol. The fourth-order valence-electron chi connectivity index (χ4n) is 6.28. The molecule has 362 valence electrons. The van der Waals surface area contributed by atoms with Gasteiger partial charge in [0.1, 0.15) is 19.3 Å². The Morgan fingerprint density at radius 2 is 0.921 bits per heavy atom. The molecule has 0 rings (SSSR count). The summed E-state index contributed by atoms with van der Waals surface area (Å²) in [5.74, 6) is -0.360. The molecule has 2 unspecified atom stereocenters. The molecule has 0 aliphatic heterocycles. The standard InChI is InChI=1S/C54H94NO7P/c1-6-8-10-12-14-16-18-20-22-24-26-28-29-31-33-35-37-39-41-43-45-47-54(56)62-53(52-61-63(57,58)60-50-48-55(3,4)5)51-59-49-46-44-42-40-38-36-34-32-30-27-25-23-21-19-17-15-13-11-9-7-2/h8,10,14-17,20-23,26-28,30-31,33,53H,6-7,9,11-13,18-19,24-25,29,32,34-52H2,1-5H3/b10-8-,16-14-,17-15-,22-20-,23-21-,28-26-,30-27-,33-31-. The molecule has 9 heteroatoms. The van der Waals surface area contributed by atoms with E-state index in [2.05, 4.69) is 111 Å². The van der Waals surface area contributed by atoms with Gasteiger partial charge in [-0.3, -0.25) is 9.36 Å². The number of likely N-dealkylation sites (N-methyl/N-ethyl adjacent to an activating group) is 1. The molecular weight excluding hydrogens is 806 g/mol. The summed E-state index contributed by atoms with van der Waals surface area (Å²) in [5.41, 5.74) is 0. The Kier molecular flexibility index (Phi) is 44.1. The number of hydrogen-bond acceptors (Lipinski definition) is 7. The lowest BCUT2D eigenvalue weighted by Gasteiger charge is -2.28. The van der Waals surface area contributed by atoms with E-state index in [-0.39, 0.29) is 32.2 Å². The maximum Gasteiger partial charge on any atom is 0.306 e. The van der Waals surface area contributed by atoms with Gasteiger partial charge in [0.25, 0.3) is 7.82 Å². The molecule has 0 heterocycles. The van der Waals surface area contributed by atoms with Crippen LogP contribution in [0.1, 0.15) is 181 Å². The van der Waals surface area contributed by atoms with Crippen LogP contribution in [0.3, 0.4) is 0 Å². The summed E-state index contributed by atoms with van der Waals surface area (Å²) in [7, 11) is 1.32. The summed E-state index contributed by atoms with van der Waals surface area (Å²) in [4.78, 5) is 25.2. The van der Waals surface area contributed by atoms with Crippen molar-refractivity contribution < 1.29 is 37.3 Å². The lowest BCUT2D eigenvalue weighted by Crippen LogP contribution is -2.37. The first kappa shape index (κ1) is 60.4. The lowest BCUT2D eigenvalue weighted by atomic mass is 10.1. The Bertz CT molecular complexity index is 1320. The van der Waals surface area contributed by atoms with Crippen LogP contribution < -0.4 is 4.89 Å². The Morgan fingerprint density at radius 3 is 1.38 bits per heavy atom. The number of hydrogen-bond donors (Lipinski definition) is 0. The third-order valence-electron chi connectivity index (χ3n) is 10.1. The number of ether oxygens (including phenoxy) is 2. The first-order chi connectivity index (χ1) is 30.6. The molecule has 8 nitrogen and oxygen atoms in total. The molecule has 0 saturated carbocycles. The van der Waals surface area contributed by atoms with Gasteiger partial charge in [-0.25, -0.2) is 0 Å². The van der Waals surface area contributed by atoms with Gasteiger partial charge in [0, 0.05) is 13.0 Å². The average molecular weight is 900 g/mol. The van der Waals surface area contributed by atoms with Crippen molar-refractivity contribution >= 4 is 13.8 Å². The van der Waals surface area contributed by atoms with Crippen LogP contribution in [-0.4, -0.2) is 70.7 Å². The highest BCUT2D eigenvalue weighted by Gasteiger charge is 2.20. The monoisotopic (exact) mass is 900 g/mol. The van der Waals surface area contributed by atoms with Gasteiger partial charge in [0.2, 0.25) is 0 Å². The first-order valence-corrected chi connectivity index (χ1v) is 26.4. The average Bonchev–Trinajstić information content (AvgIpc) is 3.24. The molecule has 0 aromatic heterocycles. The number of phosphoric acid groups is 1. The van der Waals surface area contributed by atoms with Crippen molar-refractivity contribution in [3.63, 3.8) is 0 Å². The highest BCUT2D eigenvalue weighted by atomic mass is 31.2. The van der Waals surface area contributed by atoms with E-state index < -0.39 is 13.9 Å². The number of quaternary nitrogens is 1. The molecule has 0 radical (unpaired) electrons. The van der Waals surface area contributed by atoms with E-state index in [0.717, 1.165) is 109 Å². The number of carbonyl (C=O) groups excluding carboxylic acids is 1. The van der Waals surface area contributed by atoms with Gasteiger partial charge in [-0.15, -0.1) is 0 Å². The summed E-state index contributed by atoms with van der Waals surface area (Å²) in [6.07, 6.45) is 62.8. The van der Waals surface area contributed by atoms with Gasteiger partial charge < -0.3 is 27.9 Å². The zero-order valence-electron chi connectivity index (χ0n) is 41.0. The van der Waals surface area contributed by atoms with E-state index >= 15 is 0 Å². The van der Waals surface area contributed by atoms with Crippen molar-refractivity contribution in [2.45, 2.75) is 187 Å². The zero-order chi connectivity index (χ0) is 46.2. The van der Waals surface area contributed by atoms with Crippen LogP contribution in [-0.2, 0) is 27.9 Å². The van der Waals surface area contributed by atoms with Crippen molar-refractivity contribution in [3.05, 3.63) is 97.2 Å². The van der Waals surface area contributed by atoms with E-state index in [9.17, 15) is 14.3 Å². The summed E-state index contributed by atoms with van der Waals surface area (Å²) < 4.78 is 34.7. The van der Waals surface area contributed by atoms with Crippen LogP contribution in [0.5, 0.6) is 0 Å². The van der Waals surface area contributed by atoms with Crippen LogP contribution in [0.25, 0.3) is 0 Å². The second kappa shape index (κ2) is 46.0. The van der Waals surface area contributed by atoms with E-state index in [0.29, 0.717) is 17.6 Å².